The van der Waals surface area contributed by atoms with Crippen molar-refractivity contribution in [3.8, 4) is 5.75 Å². The minimum absolute atomic E-state index is 0.0470. The smallest absolute Gasteiger partial charge is 0.125 e. The average molecular weight is 329 g/mol. The van der Waals surface area contributed by atoms with Crippen LogP contribution in [0.1, 0.15) is 22.0 Å². The Bertz CT molecular complexity index is 630. The molecule has 0 fully saturated rings. The Morgan fingerprint density at radius 3 is 2.95 bits per heavy atom. The standard InChI is InChI=1S/C14H14Cl2N2OS/c15-10-5-8-1-3-19-13(8)9(6-10)7-12(18-17)14-11(16)2-4-20-14/h2,4-6,12,18H,1,3,7,17H2. The lowest BCUT2D eigenvalue weighted by Crippen LogP contribution is -2.29. The van der Waals surface area contributed by atoms with Crippen LogP contribution >= 0.6 is 34.5 Å². The number of fused-ring (bicyclic) bond motifs is 1. The van der Waals surface area contributed by atoms with Crippen molar-refractivity contribution in [2.24, 2.45) is 5.84 Å². The lowest BCUT2D eigenvalue weighted by Gasteiger charge is -2.17. The van der Waals surface area contributed by atoms with E-state index in [9.17, 15) is 0 Å². The molecular weight excluding hydrogens is 315 g/mol. The fourth-order valence-corrected chi connectivity index (χ4v) is 4.01. The number of hydrogen-bond donors (Lipinski definition) is 2. The van der Waals surface area contributed by atoms with Crippen molar-refractivity contribution in [1.29, 1.82) is 0 Å². The summed E-state index contributed by atoms with van der Waals surface area (Å²) in [6, 6.07) is 5.74. The minimum atomic E-state index is -0.0470. The molecule has 2 heterocycles. The average Bonchev–Trinajstić information content (AvgIpc) is 3.04. The van der Waals surface area contributed by atoms with Crippen molar-refractivity contribution in [3.05, 3.63) is 49.6 Å². The second-order valence-electron chi connectivity index (χ2n) is 4.71. The van der Waals surface area contributed by atoms with Crippen LogP contribution in [-0.4, -0.2) is 6.61 Å². The SMILES string of the molecule is NNC(Cc1cc(Cl)cc2c1OCC2)c1sccc1Cl. The molecule has 1 aromatic carbocycles. The van der Waals surface area contributed by atoms with Crippen molar-refractivity contribution >= 4 is 34.5 Å². The summed E-state index contributed by atoms with van der Waals surface area (Å²) in [5, 5.41) is 3.43. The summed E-state index contributed by atoms with van der Waals surface area (Å²) in [7, 11) is 0. The number of rotatable bonds is 4. The lowest BCUT2D eigenvalue weighted by atomic mass is 10.0. The van der Waals surface area contributed by atoms with Crippen molar-refractivity contribution in [2.75, 3.05) is 6.61 Å². The van der Waals surface area contributed by atoms with Crippen molar-refractivity contribution in [1.82, 2.24) is 5.43 Å². The molecular formula is C14H14Cl2N2OS. The third-order valence-electron chi connectivity index (χ3n) is 3.41. The Balaban J connectivity index is 1.92. The van der Waals surface area contributed by atoms with Gasteiger partial charge in [0.25, 0.3) is 0 Å². The van der Waals surface area contributed by atoms with Gasteiger partial charge < -0.3 is 4.74 Å². The Kier molecular flexibility index (Phi) is 4.19. The lowest BCUT2D eigenvalue weighted by molar-refractivity contribution is 0.351. The van der Waals surface area contributed by atoms with E-state index in [0.29, 0.717) is 13.0 Å². The summed E-state index contributed by atoms with van der Waals surface area (Å²) in [5.41, 5.74) is 5.07. The van der Waals surface area contributed by atoms with Gasteiger partial charge in [0.2, 0.25) is 0 Å². The largest absolute Gasteiger partial charge is 0.493 e. The van der Waals surface area contributed by atoms with Crippen molar-refractivity contribution in [2.45, 2.75) is 18.9 Å². The maximum atomic E-state index is 6.19. The third kappa shape index (κ3) is 2.67. The maximum absolute atomic E-state index is 6.19. The fourth-order valence-electron chi connectivity index (χ4n) is 2.50. The third-order valence-corrected chi connectivity index (χ3v) is 5.10. The zero-order valence-electron chi connectivity index (χ0n) is 10.7. The number of hydrogen-bond acceptors (Lipinski definition) is 4. The van der Waals surface area contributed by atoms with Gasteiger partial charge in [-0.05, 0) is 41.1 Å². The normalized spacial score (nSPS) is 14.9. The van der Waals surface area contributed by atoms with Gasteiger partial charge in [-0.2, -0.15) is 0 Å². The topological polar surface area (TPSA) is 47.3 Å². The highest BCUT2D eigenvalue weighted by Crippen LogP contribution is 2.37. The molecule has 0 amide bonds. The van der Waals surface area contributed by atoms with Gasteiger partial charge >= 0.3 is 0 Å². The number of nitrogens with two attached hydrogens (primary N) is 1. The van der Waals surface area contributed by atoms with E-state index in [4.69, 9.17) is 33.8 Å². The first-order valence-electron chi connectivity index (χ1n) is 6.32. The molecule has 0 bridgehead atoms. The molecule has 1 aliphatic heterocycles. The van der Waals surface area contributed by atoms with Crippen molar-refractivity contribution < 1.29 is 4.74 Å². The van der Waals surface area contributed by atoms with E-state index in [2.05, 4.69) is 5.43 Å². The number of thiophene rings is 1. The monoisotopic (exact) mass is 328 g/mol. The molecule has 3 rings (SSSR count). The van der Waals surface area contributed by atoms with Crippen LogP contribution in [0, 0.1) is 0 Å². The second kappa shape index (κ2) is 5.92. The second-order valence-corrected chi connectivity index (χ2v) is 6.50. The summed E-state index contributed by atoms with van der Waals surface area (Å²) < 4.78 is 5.72. The predicted molar refractivity (Wildman–Crippen MR) is 83.7 cm³/mol. The zero-order chi connectivity index (χ0) is 14.1. The first kappa shape index (κ1) is 14.2. The molecule has 0 radical (unpaired) electrons. The molecule has 0 saturated heterocycles. The van der Waals surface area contributed by atoms with Gasteiger partial charge in [0, 0.05) is 16.3 Å². The molecule has 0 spiro atoms. The molecule has 20 heavy (non-hydrogen) atoms. The Morgan fingerprint density at radius 1 is 1.40 bits per heavy atom. The maximum Gasteiger partial charge on any atom is 0.125 e. The zero-order valence-corrected chi connectivity index (χ0v) is 13.0. The number of hydrazine groups is 1. The first-order valence-corrected chi connectivity index (χ1v) is 7.95. The minimum Gasteiger partial charge on any atom is -0.493 e. The van der Waals surface area contributed by atoms with Crippen LogP contribution in [0.3, 0.4) is 0 Å². The highest BCUT2D eigenvalue weighted by atomic mass is 35.5. The van der Waals surface area contributed by atoms with Gasteiger partial charge in [-0.25, -0.2) is 0 Å². The summed E-state index contributed by atoms with van der Waals surface area (Å²) in [5.74, 6) is 6.63. The molecule has 3 N–H and O–H groups in total. The molecule has 0 aliphatic carbocycles. The molecule has 0 saturated carbocycles. The van der Waals surface area contributed by atoms with E-state index in [1.54, 1.807) is 11.3 Å². The van der Waals surface area contributed by atoms with Crippen LogP contribution < -0.4 is 16.0 Å². The highest BCUT2D eigenvalue weighted by Gasteiger charge is 2.22. The van der Waals surface area contributed by atoms with Gasteiger partial charge in [0.05, 0.1) is 17.7 Å². The van der Waals surface area contributed by atoms with Crippen LogP contribution in [-0.2, 0) is 12.8 Å². The molecule has 1 unspecified atom stereocenters. The molecule has 6 heteroatoms. The molecule has 3 nitrogen and oxygen atoms in total. The number of benzene rings is 1. The summed E-state index contributed by atoms with van der Waals surface area (Å²) in [6.45, 7) is 0.711. The molecule has 1 aromatic heterocycles. The molecule has 1 aliphatic rings. The summed E-state index contributed by atoms with van der Waals surface area (Å²) >= 11 is 14.0. The van der Waals surface area contributed by atoms with Crippen molar-refractivity contribution in [3.63, 3.8) is 0 Å². The Hall–Kier alpha value is -0.780. The van der Waals surface area contributed by atoms with Crippen LogP contribution in [0.2, 0.25) is 10.0 Å². The van der Waals surface area contributed by atoms with Gasteiger partial charge in [-0.1, -0.05) is 23.2 Å². The number of nitrogens with one attached hydrogen (secondary N) is 1. The van der Waals surface area contributed by atoms with E-state index >= 15 is 0 Å². The quantitative estimate of drug-likeness (QED) is 0.664. The Labute approximate surface area is 131 Å². The van der Waals surface area contributed by atoms with Crippen LogP contribution in [0.4, 0.5) is 0 Å². The molecule has 2 aromatic rings. The highest BCUT2D eigenvalue weighted by molar-refractivity contribution is 7.10. The summed E-state index contributed by atoms with van der Waals surface area (Å²) in [6.07, 6.45) is 1.60. The van der Waals surface area contributed by atoms with Gasteiger partial charge in [-0.3, -0.25) is 11.3 Å². The molecule has 106 valence electrons. The van der Waals surface area contributed by atoms with Crippen LogP contribution in [0.5, 0.6) is 5.75 Å². The molecule has 1 atom stereocenters. The van der Waals surface area contributed by atoms with E-state index in [1.807, 2.05) is 23.6 Å². The summed E-state index contributed by atoms with van der Waals surface area (Å²) in [4.78, 5) is 1.03. The van der Waals surface area contributed by atoms with E-state index in [1.165, 1.54) is 5.56 Å². The van der Waals surface area contributed by atoms with E-state index in [-0.39, 0.29) is 6.04 Å². The number of ether oxygens (including phenoxy) is 1. The van der Waals surface area contributed by atoms with Gasteiger partial charge in [0.1, 0.15) is 5.75 Å². The van der Waals surface area contributed by atoms with Gasteiger partial charge in [0.15, 0.2) is 0 Å². The predicted octanol–water partition coefficient (Wildman–Crippen LogP) is 3.74. The number of halogens is 2. The van der Waals surface area contributed by atoms with E-state index < -0.39 is 0 Å². The fraction of sp³-hybridized carbons (Fsp3) is 0.286. The van der Waals surface area contributed by atoms with Gasteiger partial charge in [-0.15, -0.1) is 11.3 Å². The first-order chi connectivity index (χ1) is 9.69. The van der Waals surface area contributed by atoms with Crippen LogP contribution in [0.25, 0.3) is 0 Å². The van der Waals surface area contributed by atoms with Crippen LogP contribution in [0.15, 0.2) is 23.6 Å². The van der Waals surface area contributed by atoms with E-state index in [0.717, 1.165) is 32.7 Å². The Morgan fingerprint density at radius 2 is 2.25 bits per heavy atom.